The Morgan fingerprint density at radius 3 is 2.73 bits per heavy atom. The van der Waals surface area contributed by atoms with Gasteiger partial charge < -0.3 is 9.32 Å². The predicted octanol–water partition coefficient (Wildman–Crippen LogP) is 6.17. The van der Waals surface area contributed by atoms with Crippen molar-refractivity contribution in [3.63, 3.8) is 0 Å². The van der Waals surface area contributed by atoms with E-state index >= 15 is 0 Å². The fourth-order valence-corrected chi connectivity index (χ4v) is 3.85. The number of benzene rings is 1. The summed E-state index contributed by atoms with van der Waals surface area (Å²) in [5.74, 6) is 0. The van der Waals surface area contributed by atoms with Crippen LogP contribution in [0.2, 0.25) is 0 Å². The lowest BCUT2D eigenvalue weighted by molar-refractivity contribution is 0.321. The molecule has 1 aromatic carbocycles. The maximum atomic E-state index is 5.36. The SMILES string of the molecule is CCCCN(C)Cc1cccc(-c2cc(-c3ccoc3)c3cnn(C(C)C)c3n2)c1. The molecule has 0 unspecified atom stereocenters. The highest BCUT2D eigenvalue weighted by Crippen LogP contribution is 2.33. The van der Waals surface area contributed by atoms with Gasteiger partial charge in [-0.25, -0.2) is 9.67 Å². The Labute approximate surface area is 178 Å². The summed E-state index contributed by atoms with van der Waals surface area (Å²) in [4.78, 5) is 7.40. The Hall–Kier alpha value is -2.92. The molecule has 4 rings (SSSR count). The number of aromatic nitrogens is 3. The molecule has 0 aliphatic carbocycles. The van der Waals surface area contributed by atoms with Crippen molar-refractivity contribution in [3.8, 4) is 22.4 Å². The number of furan rings is 1. The molecule has 0 atom stereocenters. The third kappa shape index (κ3) is 4.17. The van der Waals surface area contributed by atoms with Crippen LogP contribution >= 0.6 is 0 Å². The van der Waals surface area contributed by atoms with Crippen LogP contribution in [0.5, 0.6) is 0 Å². The molecule has 0 bridgehead atoms. The first kappa shape index (κ1) is 20.4. The fourth-order valence-electron chi connectivity index (χ4n) is 3.85. The average molecular weight is 403 g/mol. The zero-order chi connectivity index (χ0) is 21.1. The van der Waals surface area contributed by atoms with E-state index in [2.05, 4.69) is 68.1 Å². The minimum atomic E-state index is 0.237. The van der Waals surface area contributed by atoms with Crippen LogP contribution < -0.4 is 0 Å². The molecule has 0 saturated heterocycles. The predicted molar refractivity (Wildman–Crippen MR) is 122 cm³/mol. The number of rotatable bonds is 8. The molecular weight excluding hydrogens is 372 g/mol. The zero-order valence-electron chi connectivity index (χ0n) is 18.3. The van der Waals surface area contributed by atoms with E-state index in [-0.39, 0.29) is 6.04 Å². The second kappa shape index (κ2) is 8.84. The zero-order valence-corrected chi connectivity index (χ0v) is 18.3. The maximum absolute atomic E-state index is 5.36. The first-order chi connectivity index (χ1) is 14.6. The molecule has 4 aromatic rings. The smallest absolute Gasteiger partial charge is 0.159 e. The molecule has 0 radical (unpaired) electrons. The van der Waals surface area contributed by atoms with E-state index < -0.39 is 0 Å². The summed E-state index contributed by atoms with van der Waals surface area (Å²) in [6, 6.07) is 13.1. The van der Waals surface area contributed by atoms with Crippen LogP contribution in [0.25, 0.3) is 33.4 Å². The van der Waals surface area contributed by atoms with Crippen molar-refractivity contribution in [2.24, 2.45) is 0 Å². The van der Waals surface area contributed by atoms with E-state index in [9.17, 15) is 0 Å². The highest BCUT2D eigenvalue weighted by Gasteiger charge is 2.16. The van der Waals surface area contributed by atoms with Crippen LogP contribution in [0.1, 0.15) is 45.2 Å². The van der Waals surface area contributed by atoms with Crippen molar-refractivity contribution in [2.75, 3.05) is 13.6 Å². The normalized spacial score (nSPS) is 11.8. The Bertz CT molecular complexity index is 1110. The van der Waals surface area contributed by atoms with Crippen molar-refractivity contribution in [3.05, 3.63) is 60.7 Å². The number of nitrogens with zero attached hydrogens (tertiary/aromatic N) is 4. The molecule has 30 heavy (non-hydrogen) atoms. The summed E-state index contributed by atoms with van der Waals surface area (Å²) in [5.41, 5.74) is 6.43. The molecule has 3 aromatic heterocycles. The van der Waals surface area contributed by atoms with E-state index in [1.54, 1.807) is 12.5 Å². The molecule has 5 nitrogen and oxygen atoms in total. The number of fused-ring (bicyclic) bond motifs is 1. The standard InChI is InChI=1S/C25H30N4O/c1-5-6-11-28(4)16-19-8-7-9-20(13-19)24-14-22(21-10-12-30-17-21)23-15-26-29(18(2)3)25(23)27-24/h7-10,12-15,17-18H,5-6,11,16H2,1-4H3. The van der Waals surface area contributed by atoms with Crippen molar-refractivity contribution < 1.29 is 4.42 Å². The molecule has 0 aliphatic heterocycles. The highest BCUT2D eigenvalue weighted by atomic mass is 16.3. The van der Waals surface area contributed by atoms with Gasteiger partial charge in [-0.2, -0.15) is 5.10 Å². The summed E-state index contributed by atoms with van der Waals surface area (Å²) in [6.07, 6.45) is 7.84. The van der Waals surface area contributed by atoms with Gasteiger partial charge in [0.1, 0.15) is 0 Å². The van der Waals surface area contributed by atoms with Crippen molar-refractivity contribution >= 4 is 11.0 Å². The minimum absolute atomic E-state index is 0.237. The van der Waals surface area contributed by atoms with E-state index in [1.165, 1.54) is 18.4 Å². The first-order valence-electron chi connectivity index (χ1n) is 10.8. The molecule has 0 fully saturated rings. The molecule has 0 spiro atoms. The van der Waals surface area contributed by atoms with Gasteiger partial charge in [-0.1, -0.05) is 31.5 Å². The second-order valence-electron chi connectivity index (χ2n) is 8.28. The van der Waals surface area contributed by atoms with Crippen LogP contribution in [0.15, 0.2) is 59.5 Å². The van der Waals surface area contributed by atoms with Crippen LogP contribution in [0.4, 0.5) is 0 Å². The third-order valence-electron chi connectivity index (χ3n) is 5.46. The summed E-state index contributed by atoms with van der Waals surface area (Å²) in [6.45, 7) is 8.55. The van der Waals surface area contributed by atoms with Gasteiger partial charge in [0.15, 0.2) is 5.65 Å². The molecular formula is C25H30N4O. The maximum Gasteiger partial charge on any atom is 0.159 e. The number of pyridine rings is 1. The number of hydrogen-bond acceptors (Lipinski definition) is 4. The van der Waals surface area contributed by atoms with Crippen LogP contribution in [0, 0.1) is 0 Å². The summed E-state index contributed by atoms with van der Waals surface area (Å²) < 4.78 is 7.35. The molecule has 0 aliphatic rings. The van der Waals surface area contributed by atoms with Gasteiger partial charge >= 0.3 is 0 Å². The first-order valence-corrected chi connectivity index (χ1v) is 10.8. The summed E-state index contributed by atoms with van der Waals surface area (Å²) in [7, 11) is 2.19. The summed E-state index contributed by atoms with van der Waals surface area (Å²) in [5, 5.41) is 5.65. The molecule has 0 amide bonds. The van der Waals surface area contributed by atoms with Crippen molar-refractivity contribution in [1.29, 1.82) is 0 Å². The van der Waals surface area contributed by atoms with Crippen molar-refractivity contribution in [2.45, 2.75) is 46.2 Å². The second-order valence-corrected chi connectivity index (χ2v) is 8.28. The number of hydrogen-bond donors (Lipinski definition) is 0. The molecule has 156 valence electrons. The quantitative estimate of drug-likeness (QED) is 0.353. The fraction of sp³-hybridized carbons (Fsp3) is 0.360. The lowest BCUT2D eigenvalue weighted by atomic mass is 10.0. The molecule has 0 N–H and O–H groups in total. The van der Waals surface area contributed by atoms with Gasteiger partial charge in [-0.15, -0.1) is 0 Å². The minimum Gasteiger partial charge on any atom is -0.472 e. The van der Waals surface area contributed by atoms with Gasteiger partial charge in [0, 0.05) is 29.1 Å². The number of unbranched alkanes of at least 4 members (excludes halogenated alkanes) is 1. The Balaban J connectivity index is 1.77. The average Bonchev–Trinajstić information content (AvgIpc) is 3.41. The molecule has 0 saturated carbocycles. The van der Waals surface area contributed by atoms with Gasteiger partial charge in [0.2, 0.25) is 0 Å². The Morgan fingerprint density at radius 2 is 2.00 bits per heavy atom. The molecule has 5 heteroatoms. The Morgan fingerprint density at radius 1 is 1.13 bits per heavy atom. The van der Waals surface area contributed by atoms with E-state index in [4.69, 9.17) is 9.40 Å². The largest absolute Gasteiger partial charge is 0.472 e. The Kier molecular flexibility index (Phi) is 6.00. The van der Waals surface area contributed by atoms with E-state index in [0.717, 1.165) is 46.5 Å². The van der Waals surface area contributed by atoms with Crippen LogP contribution in [-0.4, -0.2) is 33.3 Å². The monoisotopic (exact) mass is 402 g/mol. The van der Waals surface area contributed by atoms with E-state index in [0.29, 0.717) is 0 Å². The van der Waals surface area contributed by atoms with Crippen molar-refractivity contribution in [1.82, 2.24) is 19.7 Å². The van der Waals surface area contributed by atoms with Gasteiger partial charge in [0.05, 0.1) is 24.4 Å². The van der Waals surface area contributed by atoms with Gasteiger partial charge in [-0.3, -0.25) is 0 Å². The lowest BCUT2D eigenvalue weighted by Gasteiger charge is -2.17. The van der Waals surface area contributed by atoms with Crippen LogP contribution in [0.3, 0.4) is 0 Å². The molecule has 3 heterocycles. The topological polar surface area (TPSA) is 47.1 Å². The lowest BCUT2D eigenvalue weighted by Crippen LogP contribution is -2.18. The van der Waals surface area contributed by atoms with E-state index in [1.807, 2.05) is 16.9 Å². The van der Waals surface area contributed by atoms with Gasteiger partial charge in [-0.05, 0) is 63.2 Å². The summed E-state index contributed by atoms with van der Waals surface area (Å²) >= 11 is 0. The van der Waals surface area contributed by atoms with Gasteiger partial charge in [0.25, 0.3) is 0 Å². The highest BCUT2D eigenvalue weighted by molar-refractivity contribution is 5.94. The van der Waals surface area contributed by atoms with Crippen LogP contribution in [-0.2, 0) is 6.54 Å². The third-order valence-corrected chi connectivity index (χ3v) is 5.46.